The van der Waals surface area contributed by atoms with E-state index < -0.39 is 5.91 Å². The molecule has 0 aliphatic rings. The molecule has 0 aliphatic carbocycles. The number of rotatable bonds is 10. The number of nitrogens with one attached hydrogen (secondary N) is 1. The Morgan fingerprint density at radius 2 is 1.89 bits per heavy atom. The Bertz CT molecular complexity index is 1380. The van der Waals surface area contributed by atoms with Crippen molar-refractivity contribution in [3.63, 3.8) is 0 Å². The summed E-state index contributed by atoms with van der Waals surface area (Å²) in [6.45, 7) is 6.23. The number of carbonyl (C=O) groups is 1. The zero-order valence-electron chi connectivity index (χ0n) is 19.8. The van der Waals surface area contributed by atoms with Crippen molar-refractivity contribution in [2.45, 2.75) is 20.0 Å². The maximum Gasteiger partial charge on any atom is 0.266 e. The number of carbonyl (C=O) groups excluding carboxylic acids is 1. The molecule has 0 saturated carbocycles. The van der Waals surface area contributed by atoms with Crippen molar-refractivity contribution in [3.05, 3.63) is 106 Å². The molecule has 0 heterocycles. The third kappa shape index (κ3) is 6.76. The average molecular weight is 498 g/mol. The monoisotopic (exact) mass is 497 g/mol. The standard InChI is InChI=1S/C29H24ClN3O3/c1-3-8-21-13-20(14-24(18-32)29(34)33-26-12-7-11-25(30)16-26)15-27(35-4-2)28(21)36-19-23-10-6-5-9-22(23)17-31/h3,5-7,9-16H,1,4,8,19H2,2H3,(H,33,34)/b24-14+. The molecule has 3 aromatic carbocycles. The summed E-state index contributed by atoms with van der Waals surface area (Å²) in [5, 5.41) is 22.2. The fourth-order valence-corrected chi connectivity index (χ4v) is 3.68. The maximum absolute atomic E-state index is 12.7. The van der Waals surface area contributed by atoms with E-state index in [9.17, 15) is 15.3 Å². The first-order valence-electron chi connectivity index (χ1n) is 11.2. The second kappa shape index (κ2) is 12.8. The zero-order valence-corrected chi connectivity index (χ0v) is 20.5. The predicted molar refractivity (Wildman–Crippen MR) is 141 cm³/mol. The van der Waals surface area contributed by atoms with E-state index in [4.69, 9.17) is 21.1 Å². The highest BCUT2D eigenvalue weighted by molar-refractivity contribution is 6.31. The predicted octanol–water partition coefficient (Wildman–Crippen LogP) is 6.46. The highest BCUT2D eigenvalue weighted by Crippen LogP contribution is 2.35. The molecule has 0 atom stereocenters. The van der Waals surface area contributed by atoms with Crippen molar-refractivity contribution in [2.75, 3.05) is 11.9 Å². The number of halogens is 1. The van der Waals surface area contributed by atoms with Crippen LogP contribution in [0.15, 0.2) is 78.9 Å². The van der Waals surface area contributed by atoms with Crippen LogP contribution in [-0.4, -0.2) is 12.5 Å². The van der Waals surface area contributed by atoms with Gasteiger partial charge in [-0.15, -0.1) is 6.58 Å². The SMILES string of the molecule is C=CCc1cc(/C=C(\C#N)C(=O)Nc2cccc(Cl)c2)cc(OCC)c1OCc1ccccc1C#N. The number of nitriles is 2. The number of anilines is 1. The highest BCUT2D eigenvalue weighted by Gasteiger charge is 2.16. The quantitative estimate of drug-likeness (QED) is 0.197. The summed E-state index contributed by atoms with van der Waals surface area (Å²) in [5.41, 5.74) is 3.04. The molecule has 0 aliphatic heterocycles. The second-order valence-electron chi connectivity index (χ2n) is 7.63. The minimum atomic E-state index is -0.559. The van der Waals surface area contributed by atoms with E-state index in [-0.39, 0.29) is 12.2 Å². The van der Waals surface area contributed by atoms with Gasteiger partial charge in [0.05, 0.1) is 18.2 Å². The van der Waals surface area contributed by atoms with Gasteiger partial charge in [-0.2, -0.15) is 10.5 Å². The molecule has 0 bridgehead atoms. The first-order chi connectivity index (χ1) is 17.5. The lowest BCUT2D eigenvalue weighted by atomic mass is 10.0. The van der Waals surface area contributed by atoms with Crippen LogP contribution in [0.5, 0.6) is 11.5 Å². The van der Waals surface area contributed by atoms with E-state index in [0.717, 1.165) is 11.1 Å². The van der Waals surface area contributed by atoms with Crippen LogP contribution in [0.4, 0.5) is 5.69 Å². The number of nitrogens with zero attached hydrogens (tertiary/aromatic N) is 2. The topological polar surface area (TPSA) is 95.1 Å². The van der Waals surface area contributed by atoms with E-state index in [1.807, 2.05) is 31.2 Å². The molecular weight excluding hydrogens is 474 g/mol. The summed E-state index contributed by atoms with van der Waals surface area (Å²) in [4.78, 5) is 12.7. The Morgan fingerprint density at radius 1 is 1.08 bits per heavy atom. The van der Waals surface area contributed by atoms with Gasteiger partial charge in [-0.3, -0.25) is 4.79 Å². The van der Waals surface area contributed by atoms with E-state index in [2.05, 4.69) is 18.0 Å². The number of allylic oxidation sites excluding steroid dienone is 1. The highest BCUT2D eigenvalue weighted by atomic mass is 35.5. The van der Waals surface area contributed by atoms with Crippen LogP contribution >= 0.6 is 11.6 Å². The van der Waals surface area contributed by atoms with Gasteiger partial charge >= 0.3 is 0 Å². The van der Waals surface area contributed by atoms with Gasteiger partial charge in [-0.05, 0) is 61.4 Å². The lowest BCUT2D eigenvalue weighted by Gasteiger charge is -2.17. The van der Waals surface area contributed by atoms with Gasteiger partial charge in [0, 0.05) is 21.8 Å². The molecule has 3 aromatic rings. The molecule has 0 unspecified atom stereocenters. The molecule has 0 aromatic heterocycles. The van der Waals surface area contributed by atoms with Crippen molar-refractivity contribution in [1.82, 2.24) is 0 Å². The molecule has 1 amide bonds. The van der Waals surface area contributed by atoms with Gasteiger partial charge in [-0.25, -0.2) is 0 Å². The van der Waals surface area contributed by atoms with Crippen LogP contribution in [0.2, 0.25) is 5.02 Å². The third-order valence-electron chi connectivity index (χ3n) is 5.09. The maximum atomic E-state index is 12.7. The summed E-state index contributed by atoms with van der Waals surface area (Å²) < 4.78 is 12.0. The Kier molecular flexibility index (Phi) is 9.28. The summed E-state index contributed by atoms with van der Waals surface area (Å²) >= 11 is 5.98. The van der Waals surface area contributed by atoms with Gasteiger partial charge in [0.1, 0.15) is 18.2 Å². The van der Waals surface area contributed by atoms with Gasteiger partial charge in [0.2, 0.25) is 0 Å². The molecule has 6 nitrogen and oxygen atoms in total. The Balaban J connectivity index is 1.95. The van der Waals surface area contributed by atoms with E-state index in [0.29, 0.717) is 46.4 Å². The molecule has 0 spiro atoms. The third-order valence-corrected chi connectivity index (χ3v) is 5.32. The second-order valence-corrected chi connectivity index (χ2v) is 8.06. The molecular formula is C29H24ClN3O3. The summed E-state index contributed by atoms with van der Waals surface area (Å²) in [6.07, 6.45) is 3.68. The first-order valence-corrected chi connectivity index (χ1v) is 11.6. The Hall–Kier alpha value is -4.52. The van der Waals surface area contributed by atoms with Gasteiger partial charge in [-0.1, -0.05) is 41.9 Å². The van der Waals surface area contributed by atoms with Crippen LogP contribution in [0.1, 0.15) is 29.2 Å². The fourth-order valence-electron chi connectivity index (χ4n) is 3.49. The van der Waals surface area contributed by atoms with Crippen molar-refractivity contribution in [3.8, 4) is 23.6 Å². The van der Waals surface area contributed by atoms with E-state index >= 15 is 0 Å². The lowest BCUT2D eigenvalue weighted by molar-refractivity contribution is -0.112. The average Bonchev–Trinajstić information content (AvgIpc) is 2.87. The van der Waals surface area contributed by atoms with Gasteiger partial charge < -0.3 is 14.8 Å². The Morgan fingerprint density at radius 3 is 2.58 bits per heavy atom. The van der Waals surface area contributed by atoms with Crippen LogP contribution in [0, 0.1) is 22.7 Å². The molecule has 3 rings (SSSR count). The summed E-state index contributed by atoms with van der Waals surface area (Å²) in [5.74, 6) is 0.421. The van der Waals surface area contributed by atoms with Gasteiger partial charge in [0.25, 0.3) is 5.91 Å². The van der Waals surface area contributed by atoms with Crippen LogP contribution < -0.4 is 14.8 Å². The summed E-state index contributed by atoms with van der Waals surface area (Å²) in [7, 11) is 0. The van der Waals surface area contributed by atoms with Crippen LogP contribution in [0.3, 0.4) is 0 Å². The zero-order chi connectivity index (χ0) is 25.9. The number of hydrogen-bond donors (Lipinski definition) is 1. The molecule has 1 N–H and O–H groups in total. The molecule has 36 heavy (non-hydrogen) atoms. The first kappa shape index (κ1) is 26.1. The van der Waals surface area contributed by atoms with Crippen molar-refractivity contribution < 1.29 is 14.3 Å². The minimum Gasteiger partial charge on any atom is -0.490 e. The molecule has 0 fully saturated rings. The minimum absolute atomic E-state index is 0.0846. The Labute approximate surface area is 215 Å². The fraction of sp³-hybridized carbons (Fsp3) is 0.138. The van der Waals surface area contributed by atoms with Crippen molar-refractivity contribution in [1.29, 1.82) is 10.5 Å². The molecule has 180 valence electrons. The normalized spacial score (nSPS) is 10.6. The molecule has 7 heteroatoms. The lowest BCUT2D eigenvalue weighted by Crippen LogP contribution is -2.13. The molecule has 0 radical (unpaired) electrons. The number of hydrogen-bond acceptors (Lipinski definition) is 5. The van der Waals surface area contributed by atoms with E-state index in [1.165, 1.54) is 6.08 Å². The summed E-state index contributed by atoms with van der Waals surface area (Å²) in [6, 6.07) is 21.6. The number of amides is 1. The number of ether oxygens (including phenoxy) is 2. The van der Waals surface area contributed by atoms with Crippen LogP contribution in [-0.2, 0) is 17.8 Å². The largest absolute Gasteiger partial charge is 0.490 e. The van der Waals surface area contributed by atoms with Crippen LogP contribution in [0.25, 0.3) is 6.08 Å². The molecule has 0 saturated heterocycles. The van der Waals surface area contributed by atoms with Crippen molar-refractivity contribution in [2.24, 2.45) is 0 Å². The van der Waals surface area contributed by atoms with Crippen molar-refractivity contribution >= 4 is 29.3 Å². The van der Waals surface area contributed by atoms with E-state index in [1.54, 1.807) is 48.5 Å². The van der Waals surface area contributed by atoms with Gasteiger partial charge in [0.15, 0.2) is 11.5 Å². The number of benzene rings is 3. The smallest absolute Gasteiger partial charge is 0.266 e.